The number of nitrogen functional groups attached to an aromatic ring is 2. The van der Waals surface area contributed by atoms with E-state index in [1.54, 1.807) is 6.07 Å². The summed E-state index contributed by atoms with van der Waals surface area (Å²) in [7, 11) is 0. The highest BCUT2D eigenvalue weighted by Crippen LogP contribution is 2.21. The van der Waals surface area contributed by atoms with Crippen molar-refractivity contribution in [3.63, 3.8) is 0 Å². The lowest BCUT2D eigenvalue weighted by Gasteiger charge is -2.21. The lowest BCUT2D eigenvalue weighted by atomic mass is 9.99. The Morgan fingerprint density at radius 2 is 2.00 bits per heavy atom. The van der Waals surface area contributed by atoms with Crippen LogP contribution in [0, 0.1) is 0 Å². The molecule has 0 spiro atoms. The number of aromatic nitrogens is 2. The van der Waals surface area contributed by atoms with Gasteiger partial charge < -0.3 is 16.8 Å². The summed E-state index contributed by atoms with van der Waals surface area (Å²) in [5, 5.41) is 3.31. The molecule has 1 saturated heterocycles. The average Bonchev–Trinajstić information content (AvgIpc) is 2.18. The fourth-order valence-electron chi connectivity index (χ4n) is 1.76. The van der Waals surface area contributed by atoms with Gasteiger partial charge in [0.15, 0.2) is 0 Å². The average molecular weight is 193 g/mol. The van der Waals surface area contributed by atoms with Gasteiger partial charge in [0.25, 0.3) is 0 Å². The predicted octanol–water partition coefficient (Wildman–Crippen LogP) is 0.108. The molecule has 1 aliphatic heterocycles. The summed E-state index contributed by atoms with van der Waals surface area (Å²) in [5.74, 6) is 2.04. The molecule has 0 bridgehead atoms. The molecule has 5 nitrogen and oxygen atoms in total. The monoisotopic (exact) mass is 193 g/mol. The normalized spacial score (nSPS) is 22.1. The molecule has 1 aromatic heterocycles. The third-order valence-electron chi connectivity index (χ3n) is 2.45. The van der Waals surface area contributed by atoms with Crippen molar-refractivity contribution in [3.8, 4) is 0 Å². The SMILES string of the molecule is Nc1cc(N)nc(C2CCCNC2)n1. The molecule has 1 aliphatic rings. The first-order chi connectivity index (χ1) is 6.75. The van der Waals surface area contributed by atoms with E-state index >= 15 is 0 Å². The number of nitrogens with one attached hydrogen (secondary N) is 1. The molecular weight excluding hydrogens is 178 g/mol. The summed E-state index contributed by atoms with van der Waals surface area (Å²) in [6.45, 7) is 2.00. The minimum atomic E-state index is 0.356. The van der Waals surface area contributed by atoms with Gasteiger partial charge in [-0.3, -0.25) is 0 Å². The first-order valence-corrected chi connectivity index (χ1v) is 4.86. The third-order valence-corrected chi connectivity index (χ3v) is 2.45. The van der Waals surface area contributed by atoms with Crippen LogP contribution in [-0.2, 0) is 0 Å². The van der Waals surface area contributed by atoms with Crippen molar-refractivity contribution in [3.05, 3.63) is 11.9 Å². The fraction of sp³-hybridized carbons (Fsp3) is 0.556. The van der Waals surface area contributed by atoms with Crippen LogP contribution in [0.5, 0.6) is 0 Å². The topological polar surface area (TPSA) is 89.9 Å². The highest BCUT2D eigenvalue weighted by atomic mass is 15.0. The predicted molar refractivity (Wildman–Crippen MR) is 55.7 cm³/mol. The Kier molecular flexibility index (Phi) is 2.49. The van der Waals surface area contributed by atoms with Gasteiger partial charge in [0.1, 0.15) is 17.5 Å². The van der Waals surface area contributed by atoms with Crippen LogP contribution in [0.15, 0.2) is 6.07 Å². The minimum absolute atomic E-state index is 0.356. The lowest BCUT2D eigenvalue weighted by Crippen LogP contribution is -2.29. The molecule has 1 unspecified atom stereocenters. The second-order valence-corrected chi connectivity index (χ2v) is 3.62. The Morgan fingerprint density at radius 3 is 2.57 bits per heavy atom. The number of rotatable bonds is 1. The first kappa shape index (κ1) is 9.21. The van der Waals surface area contributed by atoms with Crippen molar-refractivity contribution in [2.45, 2.75) is 18.8 Å². The van der Waals surface area contributed by atoms with Gasteiger partial charge in [-0.05, 0) is 19.4 Å². The summed E-state index contributed by atoms with van der Waals surface area (Å²) in [5.41, 5.74) is 11.2. The van der Waals surface area contributed by atoms with Crippen molar-refractivity contribution in [1.82, 2.24) is 15.3 Å². The van der Waals surface area contributed by atoms with Crippen molar-refractivity contribution < 1.29 is 0 Å². The largest absolute Gasteiger partial charge is 0.384 e. The third kappa shape index (κ3) is 1.93. The number of nitrogens with zero attached hydrogens (tertiary/aromatic N) is 2. The van der Waals surface area contributed by atoms with E-state index in [9.17, 15) is 0 Å². The second kappa shape index (κ2) is 3.79. The van der Waals surface area contributed by atoms with Gasteiger partial charge in [-0.25, -0.2) is 9.97 Å². The van der Waals surface area contributed by atoms with E-state index in [2.05, 4.69) is 15.3 Å². The minimum Gasteiger partial charge on any atom is -0.384 e. The Hall–Kier alpha value is -1.36. The van der Waals surface area contributed by atoms with Gasteiger partial charge >= 0.3 is 0 Å². The molecule has 76 valence electrons. The molecule has 5 N–H and O–H groups in total. The molecule has 1 atom stereocenters. The molecule has 2 rings (SSSR count). The Morgan fingerprint density at radius 1 is 1.29 bits per heavy atom. The highest BCUT2D eigenvalue weighted by Gasteiger charge is 2.18. The quantitative estimate of drug-likeness (QED) is 0.589. The zero-order chi connectivity index (χ0) is 9.97. The molecule has 2 heterocycles. The maximum absolute atomic E-state index is 5.61. The number of hydrogen-bond acceptors (Lipinski definition) is 5. The summed E-state index contributed by atoms with van der Waals surface area (Å²) in [6, 6.07) is 1.58. The van der Waals surface area contributed by atoms with Crippen molar-refractivity contribution >= 4 is 11.6 Å². The van der Waals surface area contributed by atoms with Crippen LogP contribution in [-0.4, -0.2) is 23.1 Å². The summed E-state index contributed by atoms with van der Waals surface area (Å²) in [6.07, 6.45) is 2.26. The molecule has 0 aliphatic carbocycles. The number of anilines is 2. The first-order valence-electron chi connectivity index (χ1n) is 4.86. The van der Waals surface area contributed by atoms with E-state index in [-0.39, 0.29) is 0 Å². The van der Waals surface area contributed by atoms with Crippen LogP contribution in [0.2, 0.25) is 0 Å². The van der Waals surface area contributed by atoms with Crippen LogP contribution in [0.3, 0.4) is 0 Å². The van der Waals surface area contributed by atoms with E-state index in [0.29, 0.717) is 17.6 Å². The van der Waals surface area contributed by atoms with Gasteiger partial charge in [-0.2, -0.15) is 0 Å². The smallest absolute Gasteiger partial charge is 0.137 e. The molecule has 0 saturated carbocycles. The van der Waals surface area contributed by atoms with Crippen molar-refractivity contribution in [2.24, 2.45) is 0 Å². The highest BCUT2D eigenvalue weighted by molar-refractivity contribution is 5.41. The summed E-state index contributed by atoms with van der Waals surface area (Å²) < 4.78 is 0. The summed E-state index contributed by atoms with van der Waals surface area (Å²) >= 11 is 0. The Labute approximate surface area is 82.9 Å². The molecule has 0 aromatic carbocycles. The lowest BCUT2D eigenvalue weighted by molar-refractivity contribution is 0.447. The molecule has 5 heteroatoms. The van der Waals surface area contributed by atoms with E-state index in [1.807, 2.05) is 0 Å². The van der Waals surface area contributed by atoms with Crippen LogP contribution in [0.25, 0.3) is 0 Å². The zero-order valence-corrected chi connectivity index (χ0v) is 8.03. The maximum Gasteiger partial charge on any atom is 0.137 e. The molecule has 1 fully saturated rings. The van der Waals surface area contributed by atoms with Gasteiger partial charge in [-0.1, -0.05) is 0 Å². The fourth-order valence-corrected chi connectivity index (χ4v) is 1.76. The number of nitrogens with two attached hydrogens (primary N) is 2. The Balaban J connectivity index is 2.21. The van der Waals surface area contributed by atoms with E-state index in [4.69, 9.17) is 11.5 Å². The van der Waals surface area contributed by atoms with Gasteiger partial charge in [-0.15, -0.1) is 0 Å². The second-order valence-electron chi connectivity index (χ2n) is 3.62. The van der Waals surface area contributed by atoms with Gasteiger partial charge in [0, 0.05) is 18.5 Å². The van der Waals surface area contributed by atoms with Gasteiger partial charge in [0.05, 0.1) is 0 Å². The van der Waals surface area contributed by atoms with Gasteiger partial charge in [0.2, 0.25) is 0 Å². The van der Waals surface area contributed by atoms with Crippen LogP contribution < -0.4 is 16.8 Å². The van der Waals surface area contributed by atoms with E-state index in [0.717, 1.165) is 31.8 Å². The van der Waals surface area contributed by atoms with Crippen molar-refractivity contribution in [2.75, 3.05) is 24.6 Å². The van der Waals surface area contributed by atoms with E-state index < -0.39 is 0 Å². The zero-order valence-electron chi connectivity index (χ0n) is 8.03. The van der Waals surface area contributed by atoms with Crippen LogP contribution in [0.4, 0.5) is 11.6 Å². The standard InChI is InChI=1S/C9H15N5/c10-7-4-8(11)14-9(13-7)6-2-1-3-12-5-6/h4,6,12H,1-3,5H2,(H4,10,11,13,14). The number of piperidine rings is 1. The molecule has 1 aromatic rings. The van der Waals surface area contributed by atoms with Crippen LogP contribution >= 0.6 is 0 Å². The Bertz CT molecular complexity index is 299. The molecular formula is C9H15N5. The molecule has 0 radical (unpaired) electrons. The maximum atomic E-state index is 5.61. The van der Waals surface area contributed by atoms with E-state index in [1.165, 1.54) is 0 Å². The van der Waals surface area contributed by atoms with Crippen molar-refractivity contribution in [1.29, 1.82) is 0 Å². The molecule has 0 amide bonds. The summed E-state index contributed by atoms with van der Waals surface area (Å²) in [4.78, 5) is 8.41. The number of hydrogen-bond donors (Lipinski definition) is 3. The molecule has 14 heavy (non-hydrogen) atoms. The van der Waals surface area contributed by atoms with Crippen LogP contribution in [0.1, 0.15) is 24.6 Å².